The van der Waals surface area contributed by atoms with Crippen LogP contribution in [0.25, 0.3) is 5.69 Å². The number of imidazole rings is 1. The number of aromatic nitrogens is 2. The van der Waals surface area contributed by atoms with Gasteiger partial charge < -0.3 is 4.74 Å². The molecular weight excluding hydrogens is 417 g/mol. The predicted molar refractivity (Wildman–Crippen MR) is 112 cm³/mol. The normalized spacial score (nSPS) is 12.6. The van der Waals surface area contributed by atoms with Gasteiger partial charge in [0.2, 0.25) is 0 Å². The number of rotatable bonds is 3. The van der Waals surface area contributed by atoms with E-state index in [0.29, 0.717) is 20.9 Å². The SMILES string of the molecule is COC(=O)c1nc(SC)n2c1CN=C(c1ccccc1Cl)c1cc(Cl)ccc1-2. The molecule has 142 valence electrons. The van der Waals surface area contributed by atoms with Gasteiger partial charge in [-0.15, -0.1) is 0 Å². The minimum atomic E-state index is -0.490. The lowest BCUT2D eigenvalue weighted by atomic mass is 10.0. The highest BCUT2D eigenvalue weighted by Crippen LogP contribution is 2.34. The summed E-state index contributed by atoms with van der Waals surface area (Å²) in [6, 6.07) is 13.1. The van der Waals surface area contributed by atoms with Crippen molar-refractivity contribution in [1.29, 1.82) is 0 Å². The number of hydrogen-bond acceptors (Lipinski definition) is 5. The minimum Gasteiger partial charge on any atom is -0.464 e. The maximum atomic E-state index is 12.3. The van der Waals surface area contributed by atoms with Crippen molar-refractivity contribution >= 4 is 46.6 Å². The largest absolute Gasteiger partial charge is 0.464 e. The van der Waals surface area contributed by atoms with E-state index in [1.54, 1.807) is 0 Å². The number of carbonyl (C=O) groups excluding carboxylic acids is 1. The van der Waals surface area contributed by atoms with E-state index >= 15 is 0 Å². The summed E-state index contributed by atoms with van der Waals surface area (Å²) >= 11 is 14.2. The molecule has 8 heteroatoms. The first-order valence-electron chi connectivity index (χ1n) is 8.38. The van der Waals surface area contributed by atoms with Crippen molar-refractivity contribution in [2.45, 2.75) is 11.7 Å². The maximum absolute atomic E-state index is 12.3. The molecule has 0 spiro atoms. The fourth-order valence-electron chi connectivity index (χ4n) is 3.24. The minimum absolute atomic E-state index is 0.255. The lowest BCUT2D eigenvalue weighted by Crippen LogP contribution is -2.09. The van der Waals surface area contributed by atoms with E-state index in [1.807, 2.05) is 53.3 Å². The summed E-state index contributed by atoms with van der Waals surface area (Å²) in [5, 5.41) is 1.85. The first-order chi connectivity index (χ1) is 13.5. The highest BCUT2D eigenvalue weighted by atomic mass is 35.5. The molecule has 1 aromatic heterocycles. The number of halogens is 2. The van der Waals surface area contributed by atoms with Crippen LogP contribution in [-0.2, 0) is 11.3 Å². The monoisotopic (exact) mass is 431 g/mol. The Hall–Kier alpha value is -2.28. The van der Waals surface area contributed by atoms with Crippen molar-refractivity contribution in [2.75, 3.05) is 13.4 Å². The Morgan fingerprint density at radius 1 is 1.18 bits per heavy atom. The van der Waals surface area contributed by atoms with E-state index in [2.05, 4.69) is 4.98 Å². The van der Waals surface area contributed by atoms with E-state index in [1.165, 1.54) is 18.9 Å². The number of benzene rings is 2. The standard InChI is InChI=1S/C20H15Cl2N3O2S/c1-27-19(26)18-16-10-23-17(12-5-3-4-6-14(12)22)13-9-11(21)7-8-15(13)25(16)20(24-18)28-2/h3-9H,10H2,1-2H3. The summed E-state index contributed by atoms with van der Waals surface area (Å²) in [5.41, 5.74) is 4.11. The summed E-state index contributed by atoms with van der Waals surface area (Å²) < 4.78 is 6.86. The molecule has 0 aliphatic carbocycles. The summed E-state index contributed by atoms with van der Waals surface area (Å²) in [6.45, 7) is 0.255. The first kappa shape index (κ1) is 19.1. The van der Waals surface area contributed by atoms with Crippen LogP contribution in [0.3, 0.4) is 0 Å². The van der Waals surface area contributed by atoms with Crippen molar-refractivity contribution in [2.24, 2.45) is 4.99 Å². The number of ether oxygens (including phenoxy) is 1. The Morgan fingerprint density at radius 2 is 1.96 bits per heavy atom. The molecule has 5 nitrogen and oxygen atoms in total. The zero-order valence-electron chi connectivity index (χ0n) is 15.1. The summed E-state index contributed by atoms with van der Waals surface area (Å²) in [6.07, 6.45) is 1.91. The summed E-state index contributed by atoms with van der Waals surface area (Å²) in [7, 11) is 1.34. The second kappa shape index (κ2) is 7.62. The Morgan fingerprint density at radius 3 is 2.68 bits per heavy atom. The highest BCUT2D eigenvalue weighted by molar-refractivity contribution is 7.98. The number of hydrogen-bond donors (Lipinski definition) is 0. The van der Waals surface area contributed by atoms with Crippen molar-refractivity contribution in [1.82, 2.24) is 9.55 Å². The van der Waals surface area contributed by atoms with Crippen LogP contribution in [0.4, 0.5) is 0 Å². The third-order valence-electron chi connectivity index (χ3n) is 4.47. The molecular formula is C20H15Cl2N3O2S. The Labute approximate surface area is 176 Å². The Kier molecular flexibility index (Phi) is 5.19. The van der Waals surface area contributed by atoms with Gasteiger partial charge in [0.1, 0.15) is 0 Å². The van der Waals surface area contributed by atoms with Crippen molar-refractivity contribution in [3.63, 3.8) is 0 Å². The van der Waals surface area contributed by atoms with Gasteiger partial charge in [0.15, 0.2) is 10.9 Å². The van der Waals surface area contributed by atoms with Crippen molar-refractivity contribution in [3.05, 3.63) is 75.0 Å². The predicted octanol–water partition coefficient (Wildman–Crippen LogP) is 5.04. The fourth-order valence-corrected chi connectivity index (χ4v) is 4.21. The van der Waals surface area contributed by atoms with E-state index < -0.39 is 5.97 Å². The molecule has 0 saturated heterocycles. The second-order valence-corrected chi connectivity index (χ2v) is 7.64. The average Bonchev–Trinajstić information content (AvgIpc) is 2.99. The molecule has 3 aromatic rings. The van der Waals surface area contributed by atoms with Gasteiger partial charge in [-0.25, -0.2) is 9.78 Å². The van der Waals surface area contributed by atoms with Crippen LogP contribution in [0.15, 0.2) is 52.6 Å². The van der Waals surface area contributed by atoms with E-state index in [0.717, 1.165) is 22.5 Å². The molecule has 0 bridgehead atoms. The van der Waals surface area contributed by atoms with Gasteiger partial charge in [0, 0.05) is 21.2 Å². The van der Waals surface area contributed by atoms with Gasteiger partial charge in [0.25, 0.3) is 0 Å². The number of fused-ring (bicyclic) bond motifs is 3. The maximum Gasteiger partial charge on any atom is 0.358 e. The zero-order chi connectivity index (χ0) is 19.8. The lowest BCUT2D eigenvalue weighted by Gasteiger charge is -2.14. The first-order valence-corrected chi connectivity index (χ1v) is 10.4. The number of methoxy groups -OCH3 is 1. The lowest BCUT2D eigenvalue weighted by molar-refractivity contribution is 0.0593. The molecule has 1 aliphatic heterocycles. The second-order valence-electron chi connectivity index (χ2n) is 6.03. The number of aliphatic imine (C=N–C) groups is 1. The third kappa shape index (κ3) is 3.11. The average molecular weight is 432 g/mol. The smallest absolute Gasteiger partial charge is 0.358 e. The van der Waals surface area contributed by atoms with Gasteiger partial charge >= 0.3 is 5.97 Å². The number of nitrogens with zero attached hydrogens (tertiary/aromatic N) is 3. The van der Waals surface area contributed by atoms with Gasteiger partial charge in [0.05, 0.1) is 30.7 Å². The Balaban J connectivity index is 2.04. The van der Waals surface area contributed by atoms with Gasteiger partial charge in [-0.3, -0.25) is 9.56 Å². The van der Waals surface area contributed by atoms with Crippen LogP contribution < -0.4 is 0 Å². The quantitative estimate of drug-likeness (QED) is 0.430. The van der Waals surface area contributed by atoms with Gasteiger partial charge in [-0.2, -0.15) is 0 Å². The van der Waals surface area contributed by atoms with Crippen LogP contribution in [0, 0.1) is 0 Å². The van der Waals surface area contributed by atoms with E-state index in [9.17, 15) is 4.79 Å². The number of esters is 1. The van der Waals surface area contributed by atoms with E-state index in [-0.39, 0.29) is 12.2 Å². The highest BCUT2D eigenvalue weighted by Gasteiger charge is 2.28. The molecule has 28 heavy (non-hydrogen) atoms. The molecule has 4 rings (SSSR count). The third-order valence-corrected chi connectivity index (χ3v) is 5.68. The zero-order valence-corrected chi connectivity index (χ0v) is 17.4. The fraction of sp³-hybridized carbons (Fsp3) is 0.150. The molecule has 0 unspecified atom stereocenters. The van der Waals surface area contributed by atoms with Crippen molar-refractivity contribution in [3.8, 4) is 5.69 Å². The van der Waals surface area contributed by atoms with E-state index in [4.69, 9.17) is 32.9 Å². The van der Waals surface area contributed by atoms with Crippen LogP contribution in [0.2, 0.25) is 10.0 Å². The Bertz CT molecular complexity index is 1120. The van der Waals surface area contributed by atoms with Crippen LogP contribution >= 0.6 is 35.0 Å². The molecule has 0 atom stereocenters. The summed E-state index contributed by atoms with van der Waals surface area (Å²) in [4.78, 5) is 21.6. The molecule has 0 fully saturated rings. The van der Waals surface area contributed by atoms with Gasteiger partial charge in [-0.05, 0) is 30.5 Å². The molecule has 0 N–H and O–H groups in total. The molecule has 1 aliphatic rings. The number of carbonyl (C=O) groups is 1. The van der Waals surface area contributed by atoms with Crippen LogP contribution in [0.1, 0.15) is 27.3 Å². The number of thioether (sulfide) groups is 1. The van der Waals surface area contributed by atoms with Gasteiger partial charge in [-0.1, -0.05) is 53.2 Å². The molecule has 2 heterocycles. The molecule has 2 aromatic carbocycles. The topological polar surface area (TPSA) is 56.5 Å². The molecule has 0 saturated carbocycles. The summed E-state index contributed by atoms with van der Waals surface area (Å²) in [5.74, 6) is -0.490. The molecule has 0 radical (unpaired) electrons. The van der Waals surface area contributed by atoms with Crippen LogP contribution in [-0.4, -0.2) is 34.6 Å². The van der Waals surface area contributed by atoms with Crippen LogP contribution in [0.5, 0.6) is 0 Å². The molecule has 0 amide bonds. The van der Waals surface area contributed by atoms with Crippen molar-refractivity contribution < 1.29 is 9.53 Å².